The largest absolute Gasteiger partial charge is 0.309 e. The van der Waals surface area contributed by atoms with Crippen LogP contribution in [0.2, 0.25) is 0 Å². The molecule has 0 bridgehead atoms. The van der Waals surface area contributed by atoms with E-state index in [1.165, 1.54) is 21.5 Å². The first-order valence-electron chi connectivity index (χ1n) is 18.3. The van der Waals surface area contributed by atoms with E-state index in [1.807, 2.05) is 18.2 Å². The first kappa shape index (κ1) is 30.7. The molecule has 0 aliphatic carbocycles. The highest BCUT2D eigenvalue weighted by atomic mass is 15.1. The number of nitriles is 2. The Morgan fingerprint density at radius 2 is 0.891 bits per heavy atom. The Kier molecular flexibility index (Phi) is 6.61. The van der Waals surface area contributed by atoms with Gasteiger partial charge in [-0.3, -0.25) is 0 Å². The molecule has 0 atom stereocenters. The Bertz CT molecular complexity index is 3350. The summed E-state index contributed by atoms with van der Waals surface area (Å²) in [6.45, 7) is 0. The summed E-state index contributed by atoms with van der Waals surface area (Å²) in [6.07, 6.45) is 0. The van der Waals surface area contributed by atoms with Crippen LogP contribution in [0.15, 0.2) is 176 Å². The maximum absolute atomic E-state index is 10.5. The van der Waals surface area contributed by atoms with Crippen molar-refractivity contribution in [1.82, 2.24) is 13.7 Å². The highest BCUT2D eigenvalue weighted by molar-refractivity contribution is 6.15. The van der Waals surface area contributed by atoms with Crippen molar-refractivity contribution in [1.29, 1.82) is 10.5 Å². The van der Waals surface area contributed by atoms with Gasteiger partial charge in [0.15, 0.2) is 0 Å². The van der Waals surface area contributed by atoms with Gasteiger partial charge >= 0.3 is 0 Å². The number of nitrogens with zero attached hydrogens (tertiary/aromatic N) is 5. The quantitative estimate of drug-likeness (QED) is 0.184. The molecule has 55 heavy (non-hydrogen) atoms. The second-order valence-electron chi connectivity index (χ2n) is 14.0. The van der Waals surface area contributed by atoms with E-state index < -0.39 is 0 Å². The number of fused-ring (bicyclic) bond motifs is 9. The number of aromatic nitrogens is 3. The lowest BCUT2D eigenvalue weighted by Gasteiger charge is -2.15. The molecule has 0 spiro atoms. The fourth-order valence-corrected chi connectivity index (χ4v) is 8.76. The van der Waals surface area contributed by atoms with E-state index in [2.05, 4.69) is 184 Å². The first-order valence-corrected chi connectivity index (χ1v) is 18.3. The summed E-state index contributed by atoms with van der Waals surface area (Å²) in [5, 5.41) is 27.4. The molecule has 0 fully saturated rings. The van der Waals surface area contributed by atoms with Crippen molar-refractivity contribution in [3.8, 4) is 40.3 Å². The molecule has 254 valence electrons. The molecule has 3 aromatic heterocycles. The van der Waals surface area contributed by atoms with Crippen molar-refractivity contribution in [3.63, 3.8) is 0 Å². The summed E-state index contributed by atoms with van der Waals surface area (Å²) in [5.74, 6) is 0. The van der Waals surface area contributed by atoms with Crippen LogP contribution in [0.1, 0.15) is 11.1 Å². The molecule has 0 unspecified atom stereocenters. The predicted molar refractivity (Wildman–Crippen MR) is 224 cm³/mol. The summed E-state index contributed by atoms with van der Waals surface area (Å²) in [4.78, 5) is 0. The van der Waals surface area contributed by atoms with Crippen molar-refractivity contribution in [2.45, 2.75) is 0 Å². The lowest BCUT2D eigenvalue weighted by molar-refractivity contribution is 1.13. The molecule has 0 amide bonds. The van der Waals surface area contributed by atoms with Crippen molar-refractivity contribution in [2.24, 2.45) is 0 Å². The Morgan fingerprint density at radius 1 is 0.364 bits per heavy atom. The summed E-state index contributed by atoms with van der Waals surface area (Å²) in [5.41, 5.74) is 12.5. The molecule has 5 nitrogen and oxygen atoms in total. The van der Waals surface area contributed by atoms with E-state index in [0.717, 1.165) is 72.1 Å². The van der Waals surface area contributed by atoms with Gasteiger partial charge in [0, 0.05) is 43.7 Å². The van der Waals surface area contributed by atoms with E-state index >= 15 is 0 Å². The molecule has 0 radical (unpaired) electrons. The van der Waals surface area contributed by atoms with Gasteiger partial charge in [0.25, 0.3) is 0 Å². The van der Waals surface area contributed by atoms with Gasteiger partial charge in [0.05, 0.1) is 62.1 Å². The zero-order chi connectivity index (χ0) is 36.6. The second-order valence-corrected chi connectivity index (χ2v) is 14.0. The molecule has 11 aromatic rings. The van der Waals surface area contributed by atoms with E-state index in [-0.39, 0.29) is 0 Å². The summed E-state index contributed by atoms with van der Waals surface area (Å²) in [6, 6.07) is 65.8. The number of hydrogen-bond acceptors (Lipinski definition) is 2. The SMILES string of the molecule is N#Cc1ccc2c3cccc(-n4c5ccccc5c5ccccc54)c3n(-c3ccc(-c4ccc(-n5c6ccccc6c6ccccc65)cc4C#N)cc3)c2c1. The molecule has 3 heterocycles. The zero-order valence-corrected chi connectivity index (χ0v) is 29.5. The molecule has 11 rings (SSSR count). The van der Waals surface area contributed by atoms with E-state index in [4.69, 9.17) is 0 Å². The van der Waals surface area contributed by atoms with Crippen LogP contribution in [0.5, 0.6) is 0 Å². The van der Waals surface area contributed by atoms with Crippen LogP contribution in [0.3, 0.4) is 0 Å². The van der Waals surface area contributed by atoms with Gasteiger partial charge < -0.3 is 13.7 Å². The third kappa shape index (κ3) is 4.45. The maximum atomic E-state index is 10.5. The Labute approximate surface area is 316 Å². The Hall–Kier alpha value is -7.86. The van der Waals surface area contributed by atoms with Crippen molar-refractivity contribution < 1.29 is 0 Å². The van der Waals surface area contributed by atoms with E-state index in [1.54, 1.807) is 0 Å². The number of hydrogen-bond donors (Lipinski definition) is 0. The predicted octanol–water partition coefficient (Wildman–Crippen LogP) is 12.4. The van der Waals surface area contributed by atoms with Crippen LogP contribution in [-0.4, -0.2) is 13.7 Å². The normalized spacial score (nSPS) is 11.6. The van der Waals surface area contributed by atoms with Crippen LogP contribution in [0.25, 0.3) is 93.6 Å². The highest BCUT2D eigenvalue weighted by Gasteiger charge is 2.21. The standard InChI is InChI=1S/C50H29N5/c51-30-32-20-26-42-43-14-9-19-48(55-46-17-7-3-12-40(46)41-13-4-8-18-47(41)55)50(43)54(49(42)28-32)35-23-21-33(22-24-35)37-27-25-36(29-34(37)31-52)53-44-15-5-1-10-38(44)39-11-2-6-16-45(39)53/h1-29H. The van der Waals surface area contributed by atoms with Gasteiger partial charge in [-0.15, -0.1) is 0 Å². The van der Waals surface area contributed by atoms with Gasteiger partial charge in [-0.2, -0.15) is 10.5 Å². The summed E-state index contributed by atoms with van der Waals surface area (Å²) >= 11 is 0. The summed E-state index contributed by atoms with van der Waals surface area (Å²) in [7, 11) is 0. The number of para-hydroxylation sites is 5. The zero-order valence-electron chi connectivity index (χ0n) is 29.5. The van der Waals surface area contributed by atoms with Crippen molar-refractivity contribution in [3.05, 3.63) is 187 Å². The molecule has 5 heteroatoms. The molecule has 0 saturated carbocycles. The van der Waals surface area contributed by atoms with Crippen LogP contribution >= 0.6 is 0 Å². The lowest BCUT2D eigenvalue weighted by atomic mass is 9.99. The average molecular weight is 700 g/mol. The van der Waals surface area contributed by atoms with E-state index in [9.17, 15) is 10.5 Å². The molecule has 0 aliphatic heterocycles. The van der Waals surface area contributed by atoms with Gasteiger partial charge in [0.1, 0.15) is 0 Å². The molecule has 0 N–H and O–H groups in total. The van der Waals surface area contributed by atoms with Gasteiger partial charge in [0.2, 0.25) is 0 Å². The van der Waals surface area contributed by atoms with Gasteiger partial charge in [-0.05, 0) is 77.9 Å². The molecular weight excluding hydrogens is 671 g/mol. The molecule has 0 aliphatic rings. The van der Waals surface area contributed by atoms with Crippen LogP contribution in [0, 0.1) is 22.7 Å². The van der Waals surface area contributed by atoms with Gasteiger partial charge in [-0.25, -0.2) is 0 Å². The maximum Gasteiger partial charge on any atom is 0.0998 e. The molecule has 8 aromatic carbocycles. The second kappa shape index (κ2) is 11.8. The minimum absolute atomic E-state index is 0.605. The van der Waals surface area contributed by atoms with E-state index in [0.29, 0.717) is 11.1 Å². The summed E-state index contributed by atoms with van der Waals surface area (Å²) < 4.78 is 6.88. The van der Waals surface area contributed by atoms with Crippen LogP contribution in [-0.2, 0) is 0 Å². The molecular formula is C50H29N5. The third-order valence-electron chi connectivity index (χ3n) is 11.1. The number of rotatable bonds is 4. The topological polar surface area (TPSA) is 62.4 Å². The van der Waals surface area contributed by atoms with Gasteiger partial charge in [-0.1, -0.05) is 109 Å². The minimum Gasteiger partial charge on any atom is -0.309 e. The average Bonchev–Trinajstić information content (AvgIpc) is 3.89. The number of benzene rings is 8. The fourth-order valence-electron chi connectivity index (χ4n) is 8.76. The van der Waals surface area contributed by atoms with Crippen LogP contribution in [0.4, 0.5) is 0 Å². The van der Waals surface area contributed by atoms with Crippen LogP contribution < -0.4 is 0 Å². The minimum atomic E-state index is 0.605. The highest BCUT2D eigenvalue weighted by Crippen LogP contribution is 2.40. The fraction of sp³-hybridized carbons (Fsp3) is 0. The Balaban J connectivity index is 1.10. The first-order chi connectivity index (χ1) is 27.2. The Morgan fingerprint density at radius 3 is 1.47 bits per heavy atom. The molecule has 0 saturated heterocycles. The third-order valence-corrected chi connectivity index (χ3v) is 11.1. The smallest absolute Gasteiger partial charge is 0.0998 e. The monoisotopic (exact) mass is 699 g/mol. The van der Waals surface area contributed by atoms with Crippen molar-refractivity contribution >= 4 is 65.4 Å². The van der Waals surface area contributed by atoms with Crippen molar-refractivity contribution in [2.75, 3.05) is 0 Å². The lowest BCUT2D eigenvalue weighted by Crippen LogP contribution is -2.01.